The average Bonchev–Trinajstić information content (AvgIpc) is 3.35. The van der Waals surface area contributed by atoms with E-state index in [2.05, 4.69) is 20.2 Å². The number of aromatic nitrogens is 3. The van der Waals surface area contributed by atoms with Gasteiger partial charge in [-0.1, -0.05) is 12.1 Å². The molecule has 3 aromatic heterocycles. The molecule has 0 spiro atoms. The average molecular weight is 574 g/mol. The van der Waals surface area contributed by atoms with Crippen LogP contribution >= 0.6 is 12.4 Å². The number of hydrogen-bond donors (Lipinski definition) is 2. The predicted octanol–water partition coefficient (Wildman–Crippen LogP) is 4.84. The summed E-state index contributed by atoms with van der Waals surface area (Å²) < 4.78 is 38.9. The van der Waals surface area contributed by atoms with Crippen LogP contribution in [0.25, 0.3) is 28.0 Å². The van der Waals surface area contributed by atoms with Crippen LogP contribution in [0.15, 0.2) is 67.1 Å². The molecule has 9 nitrogen and oxygen atoms in total. The molecule has 210 valence electrons. The van der Waals surface area contributed by atoms with Crippen molar-refractivity contribution in [3.8, 4) is 22.4 Å². The molecule has 4 heterocycles. The number of carbonyl (C=O) groups excluding carboxylic acids is 2. The first-order valence-electron chi connectivity index (χ1n) is 12.3. The van der Waals surface area contributed by atoms with E-state index in [1.54, 1.807) is 36.6 Å². The van der Waals surface area contributed by atoms with Crippen LogP contribution in [0.4, 0.5) is 29.5 Å². The van der Waals surface area contributed by atoms with Gasteiger partial charge in [0.05, 0.1) is 11.9 Å². The summed E-state index contributed by atoms with van der Waals surface area (Å²) in [5, 5.41) is 4.21. The molecular weight excluding hydrogens is 547 g/mol. The minimum absolute atomic E-state index is 0. The monoisotopic (exact) mass is 573 g/mol. The van der Waals surface area contributed by atoms with Crippen molar-refractivity contribution >= 4 is 41.5 Å². The zero-order valence-corrected chi connectivity index (χ0v) is 22.3. The molecule has 13 heteroatoms. The number of hydrogen-bond acceptors (Lipinski definition) is 5. The van der Waals surface area contributed by atoms with Crippen LogP contribution < -0.4 is 15.5 Å². The number of pyridine rings is 2. The number of fused-ring (bicyclic) bond motifs is 1. The van der Waals surface area contributed by atoms with E-state index < -0.39 is 18.8 Å². The third-order valence-corrected chi connectivity index (χ3v) is 6.51. The van der Waals surface area contributed by atoms with Gasteiger partial charge in [-0.05, 0) is 42.0 Å². The third-order valence-electron chi connectivity index (χ3n) is 6.51. The van der Waals surface area contributed by atoms with Crippen LogP contribution in [0, 0.1) is 0 Å². The lowest BCUT2D eigenvalue weighted by Gasteiger charge is -2.34. The highest BCUT2D eigenvalue weighted by molar-refractivity contribution is 5.90. The predicted molar refractivity (Wildman–Crippen MR) is 149 cm³/mol. The number of halogens is 4. The Morgan fingerprint density at radius 1 is 0.925 bits per heavy atom. The Labute approximate surface area is 234 Å². The van der Waals surface area contributed by atoms with Crippen molar-refractivity contribution in [2.24, 2.45) is 0 Å². The fourth-order valence-corrected chi connectivity index (χ4v) is 4.48. The standard InChI is InChI=1S/C27H26F3N7O2.ClH/c1-18(38)35-9-11-36(12-10-35)24-6-5-21(15-31-24)19-7-8-37-23(16-32-25(37)14-19)20-3-2-4-22(13-20)34-26(39)33-17-27(28,29)30;/h2-8,13-16H,9-12,17H2,1H3,(H2,33,34,39);1H. The number of rotatable bonds is 5. The summed E-state index contributed by atoms with van der Waals surface area (Å²) in [6.45, 7) is 3.02. The molecular formula is C27H27ClF3N7O2. The van der Waals surface area contributed by atoms with Crippen molar-refractivity contribution in [3.05, 3.63) is 67.1 Å². The van der Waals surface area contributed by atoms with E-state index in [0.717, 1.165) is 41.3 Å². The van der Waals surface area contributed by atoms with Crippen molar-refractivity contribution in [1.29, 1.82) is 0 Å². The van der Waals surface area contributed by atoms with Gasteiger partial charge in [0.1, 0.15) is 18.0 Å². The molecule has 0 saturated carbocycles. The van der Waals surface area contributed by atoms with Gasteiger partial charge in [0.25, 0.3) is 0 Å². The maximum Gasteiger partial charge on any atom is 0.405 e. The second kappa shape index (κ2) is 11.8. The molecule has 0 bridgehead atoms. The van der Waals surface area contributed by atoms with Gasteiger partial charge in [0, 0.05) is 62.3 Å². The number of nitrogens with one attached hydrogen (secondary N) is 2. The molecule has 1 aliphatic rings. The van der Waals surface area contributed by atoms with E-state index in [-0.39, 0.29) is 18.3 Å². The molecule has 1 saturated heterocycles. The van der Waals surface area contributed by atoms with Crippen molar-refractivity contribution < 1.29 is 22.8 Å². The van der Waals surface area contributed by atoms with Gasteiger partial charge in [-0.15, -0.1) is 12.4 Å². The van der Waals surface area contributed by atoms with Gasteiger partial charge in [0.2, 0.25) is 5.91 Å². The van der Waals surface area contributed by atoms with E-state index in [9.17, 15) is 22.8 Å². The van der Waals surface area contributed by atoms with E-state index in [1.165, 1.54) is 0 Å². The first kappa shape index (κ1) is 28.7. The van der Waals surface area contributed by atoms with Gasteiger partial charge in [-0.25, -0.2) is 14.8 Å². The Morgan fingerprint density at radius 3 is 2.38 bits per heavy atom. The number of amides is 3. The molecule has 1 fully saturated rings. The third kappa shape index (κ3) is 6.63. The largest absolute Gasteiger partial charge is 0.405 e. The fourth-order valence-electron chi connectivity index (χ4n) is 4.48. The molecule has 1 aliphatic heterocycles. The van der Waals surface area contributed by atoms with Gasteiger partial charge < -0.3 is 20.4 Å². The first-order chi connectivity index (χ1) is 18.7. The van der Waals surface area contributed by atoms with E-state index in [0.29, 0.717) is 24.4 Å². The molecule has 5 rings (SSSR count). The van der Waals surface area contributed by atoms with Crippen LogP contribution in [0.1, 0.15) is 6.92 Å². The van der Waals surface area contributed by atoms with E-state index in [4.69, 9.17) is 0 Å². The fraction of sp³-hybridized carbons (Fsp3) is 0.259. The summed E-state index contributed by atoms with van der Waals surface area (Å²) in [5.74, 6) is 0.957. The summed E-state index contributed by atoms with van der Waals surface area (Å²) in [4.78, 5) is 36.5. The number of urea groups is 1. The van der Waals surface area contributed by atoms with Crippen LogP contribution in [-0.4, -0.2) is 70.1 Å². The Morgan fingerprint density at radius 2 is 1.70 bits per heavy atom. The summed E-state index contributed by atoms with van der Waals surface area (Å²) in [7, 11) is 0. The van der Waals surface area contributed by atoms with Crippen LogP contribution in [0.2, 0.25) is 0 Å². The molecule has 0 atom stereocenters. The summed E-state index contributed by atoms with van der Waals surface area (Å²) >= 11 is 0. The highest BCUT2D eigenvalue weighted by atomic mass is 35.5. The summed E-state index contributed by atoms with van der Waals surface area (Å²) in [5.41, 5.74) is 4.43. The normalized spacial score (nSPS) is 13.6. The molecule has 0 radical (unpaired) electrons. The van der Waals surface area contributed by atoms with Gasteiger partial charge >= 0.3 is 12.2 Å². The van der Waals surface area contributed by atoms with Crippen LogP contribution in [-0.2, 0) is 4.79 Å². The smallest absolute Gasteiger partial charge is 0.353 e. The van der Waals surface area contributed by atoms with Crippen molar-refractivity contribution in [1.82, 2.24) is 24.6 Å². The number of piperazine rings is 1. The van der Waals surface area contributed by atoms with Gasteiger partial charge in [-0.2, -0.15) is 13.2 Å². The lowest BCUT2D eigenvalue weighted by molar-refractivity contribution is -0.129. The van der Waals surface area contributed by atoms with Crippen molar-refractivity contribution in [2.75, 3.05) is 42.9 Å². The number of imidazole rings is 1. The number of carbonyl (C=O) groups is 2. The molecule has 0 unspecified atom stereocenters. The maximum atomic E-state index is 12.4. The quantitative estimate of drug-likeness (QED) is 0.356. The zero-order chi connectivity index (χ0) is 27.6. The molecule has 40 heavy (non-hydrogen) atoms. The van der Waals surface area contributed by atoms with Crippen molar-refractivity contribution in [3.63, 3.8) is 0 Å². The molecule has 0 aliphatic carbocycles. The Kier molecular flexibility index (Phi) is 8.48. The second-order valence-corrected chi connectivity index (χ2v) is 9.19. The topological polar surface area (TPSA) is 94.9 Å². The highest BCUT2D eigenvalue weighted by Crippen LogP contribution is 2.27. The maximum absolute atomic E-state index is 12.4. The number of alkyl halides is 3. The Hall–Kier alpha value is -4.32. The first-order valence-corrected chi connectivity index (χ1v) is 12.3. The molecule has 3 amide bonds. The van der Waals surface area contributed by atoms with Gasteiger partial charge in [0.15, 0.2) is 0 Å². The van der Waals surface area contributed by atoms with Crippen LogP contribution in [0.5, 0.6) is 0 Å². The second-order valence-electron chi connectivity index (χ2n) is 9.19. The van der Waals surface area contributed by atoms with Gasteiger partial charge in [-0.3, -0.25) is 9.20 Å². The van der Waals surface area contributed by atoms with Crippen molar-refractivity contribution in [2.45, 2.75) is 13.1 Å². The Balaban J connectivity index is 0.00000370. The number of anilines is 2. The SMILES string of the molecule is CC(=O)N1CCN(c2ccc(-c3ccn4c(-c5cccc(NC(=O)NCC(F)(F)F)c5)cnc4c3)cn2)CC1.Cl. The lowest BCUT2D eigenvalue weighted by atomic mass is 10.1. The van der Waals surface area contributed by atoms with E-state index >= 15 is 0 Å². The zero-order valence-electron chi connectivity index (χ0n) is 21.5. The minimum atomic E-state index is -4.49. The lowest BCUT2D eigenvalue weighted by Crippen LogP contribution is -2.48. The summed E-state index contributed by atoms with van der Waals surface area (Å²) in [6, 6.07) is 13.7. The minimum Gasteiger partial charge on any atom is -0.353 e. The molecule has 4 aromatic rings. The molecule has 1 aromatic carbocycles. The highest BCUT2D eigenvalue weighted by Gasteiger charge is 2.27. The van der Waals surface area contributed by atoms with E-state index in [1.807, 2.05) is 52.0 Å². The molecule has 2 N–H and O–H groups in total. The van der Waals surface area contributed by atoms with Crippen LogP contribution in [0.3, 0.4) is 0 Å². The number of benzene rings is 1. The number of nitrogens with zero attached hydrogens (tertiary/aromatic N) is 5. The Bertz CT molecular complexity index is 1500. The summed E-state index contributed by atoms with van der Waals surface area (Å²) in [6.07, 6.45) is 0.920.